The van der Waals surface area contributed by atoms with Crippen LogP contribution in [0.5, 0.6) is 5.75 Å². The molecule has 1 aliphatic heterocycles. The predicted molar refractivity (Wildman–Crippen MR) is 91.4 cm³/mol. The van der Waals surface area contributed by atoms with E-state index in [9.17, 15) is 4.79 Å². The van der Waals surface area contributed by atoms with E-state index in [1.165, 1.54) is 0 Å². The van der Waals surface area contributed by atoms with Crippen molar-refractivity contribution in [1.82, 2.24) is 4.90 Å². The minimum Gasteiger partial charge on any atom is -0.496 e. The molecule has 23 heavy (non-hydrogen) atoms. The molecule has 1 amide bonds. The van der Waals surface area contributed by atoms with Gasteiger partial charge >= 0.3 is 0 Å². The number of benzene rings is 1. The summed E-state index contributed by atoms with van der Waals surface area (Å²) < 4.78 is 11.2. The predicted octanol–water partition coefficient (Wildman–Crippen LogP) is 3.49. The molecule has 0 unspecified atom stereocenters. The molecule has 0 aliphatic carbocycles. The van der Waals surface area contributed by atoms with E-state index < -0.39 is 0 Å². The molecule has 0 N–H and O–H groups in total. The summed E-state index contributed by atoms with van der Waals surface area (Å²) in [6.07, 6.45) is 2.88. The van der Waals surface area contributed by atoms with Crippen molar-refractivity contribution in [3.8, 4) is 5.75 Å². The van der Waals surface area contributed by atoms with E-state index in [1.807, 2.05) is 31.3 Å². The smallest absolute Gasteiger partial charge is 0.222 e. The van der Waals surface area contributed by atoms with Crippen molar-refractivity contribution in [2.24, 2.45) is 11.8 Å². The Balaban J connectivity index is 1.90. The lowest BCUT2D eigenvalue weighted by Crippen LogP contribution is -2.34. The largest absolute Gasteiger partial charge is 0.496 e. The van der Waals surface area contributed by atoms with Crippen molar-refractivity contribution in [2.75, 3.05) is 20.8 Å². The van der Waals surface area contributed by atoms with Gasteiger partial charge in [-0.05, 0) is 30.7 Å². The molecule has 0 saturated carbocycles. The first-order valence-corrected chi connectivity index (χ1v) is 8.48. The average molecular weight is 319 g/mol. The molecule has 0 bridgehead atoms. The third kappa shape index (κ3) is 4.96. The Hall–Kier alpha value is -1.55. The van der Waals surface area contributed by atoms with Gasteiger partial charge in [-0.15, -0.1) is 0 Å². The SMILES string of the molecule is COc1ccccc1CN(C)C(=O)C[C@H]1CCO[C@H](C(C)C)C1. The number of amides is 1. The zero-order valence-corrected chi connectivity index (χ0v) is 14.7. The lowest BCUT2D eigenvalue weighted by Gasteiger charge is -2.32. The van der Waals surface area contributed by atoms with Gasteiger partial charge in [-0.2, -0.15) is 0 Å². The number of hydrogen-bond acceptors (Lipinski definition) is 3. The van der Waals surface area contributed by atoms with Crippen LogP contribution in [0.4, 0.5) is 0 Å². The molecule has 1 aliphatic rings. The summed E-state index contributed by atoms with van der Waals surface area (Å²) in [5.74, 6) is 1.98. The van der Waals surface area contributed by atoms with E-state index in [2.05, 4.69) is 13.8 Å². The molecule has 2 atom stereocenters. The Labute approximate surface area is 139 Å². The molecule has 0 radical (unpaired) electrons. The van der Waals surface area contributed by atoms with Crippen LogP contribution in [-0.2, 0) is 16.1 Å². The number of ether oxygens (including phenoxy) is 2. The number of nitrogens with zero attached hydrogens (tertiary/aromatic N) is 1. The van der Waals surface area contributed by atoms with Gasteiger partial charge in [0.05, 0.1) is 13.2 Å². The van der Waals surface area contributed by atoms with Crippen LogP contribution < -0.4 is 4.74 Å². The third-order valence-electron chi connectivity index (χ3n) is 4.66. The lowest BCUT2D eigenvalue weighted by molar-refractivity contribution is -0.133. The van der Waals surface area contributed by atoms with E-state index in [1.54, 1.807) is 12.0 Å². The number of rotatable bonds is 6. The van der Waals surface area contributed by atoms with E-state index in [4.69, 9.17) is 9.47 Å². The van der Waals surface area contributed by atoms with Gasteiger partial charge in [0.1, 0.15) is 5.75 Å². The van der Waals surface area contributed by atoms with E-state index >= 15 is 0 Å². The maximum absolute atomic E-state index is 12.5. The first-order valence-electron chi connectivity index (χ1n) is 8.48. The quantitative estimate of drug-likeness (QED) is 0.805. The molecule has 4 heteroatoms. The number of hydrogen-bond donors (Lipinski definition) is 0. The standard InChI is InChI=1S/C19H29NO3/c1-14(2)18-11-15(9-10-23-18)12-19(21)20(3)13-16-7-5-6-8-17(16)22-4/h5-8,14-15,18H,9-13H2,1-4H3/t15-,18-/m0/s1. The minimum absolute atomic E-state index is 0.199. The molecular weight excluding hydrogens is 290 g/mol. The third-order valence-corrected chi connectivity index (χ3v) is 4.66. The summed E-state index contributed by atoms with van der Waals surface area (Å²) in [7, 11) is 3.53. The summed E-state index contributed by atoms with van der Waals surface area (Å²) in [5.41, 5.74) is 1.04. The summed E-state index contributed by atoms with van der Waals surface area (Å²) >= 11 is 0. The maximum Gasteiger partial charge on any atom is 0.222 e. The van der Waals surface area contributed by atoms with Gasteiger partial charge in [0.25, 0.3) is 0 Å². The fraction of sp³-hybridized carbons (Fsp3) is 0.632. The van der Waals surface area contributed by atoms with Crippen molar-refractivity contribution in [1.29, 1.82) is 0 Å². The normalized spacial score (nSPS) is 21.3. The van der Waals surface area contributed by atoms with E-state index in [0.29, 0.717) is 30.9 Å². The summed E-state index contributed by atoms with van der Waals surface area (Å²) in [6, 6.07) is 7.85. The highest BCUT2D eigenvalue weighted by atomic mass is 16.5. The van der Waals surface area contributed by atoms with Gasteiger partial charge in [-0.25, -0.2) is 0 Å². The molecular formula is C19H29NO3. The van der Waals surface area contributed by atoms with Crippen LogP contribution >= 0.6 is 0 Å². The molecule has 1 heterocycles. The molecule has 4 nitrogen and oxygen atoms in total. The van der Waals surface area contributed by atoms with Crippen molar-refractivity contribution in [2.45, 2.75) is 45.8 Å². The average Bonchev–Trinajstić information content (AvgIpc) is 2.55. The van der Waals surface area contributed by atoms with Crippen molar-refractivity contribution < 1.29 is 14.3 Å². The second-order valence-corrected chi connectivity index (χ2v) is 6.81. The highest BCUT2D eigenvalue weighted by Gasteiger charge is 2.27. The van der Waals surface area contributed by atoms with Crippen molar-refractivity contribution >= 4 is 5.91 Å². The number of carbonyl (C=O) groups excluding carboxylic acids is 1. The minimum atomic E-state index is 0.199. The van der Waals surface area contributed by atoms with Crippen LogP contribution in [0.3, 0.4) is 0 Å². The van der Waals surface area contributed by atoms with Gasteiger partial charge in [-0.3, -0.25) is 4.79 Å². The maximum atomic E-state index is 12.5. The Morgan fingerprint density at radius 1 is 1.39 bits per heavy atom. The monoisotopic (exact) mass is 319 g/mol. The fourth-order valence-corrected chi connectivity index (χ4v) is 3.13. The molecule has 1 fully saturated rings. The summed E-state index contributed by atoms with van der Waals surface area (Å²) in [5, 5.41) is 0. The Morgan fingerprint density at radius 2 is 2.13 bits per heavy atom. The molecule has 1 saturated heterocycles. The molecule has 128 valence electrons. The van der Waals surface area contributed by atoms with Gasteiger partial charge in [-0.1, -0.05) is 32.0 Å². The second kappa shape index (κ2) is 8.34. The zero-order chi connectivity index (χ0) is 16.8. The van der Waals surface area contributed by atoms with Crippen LogP contribution in [0.2, 0.25) is 0 Å². The summed E-state index contributed by atoms with van der Waals surface area (Å²) in [4.78, 5) is 14.3. The highest BCUT2D eigenvalue weighted by molar-refractivity contribution is 5.76. The molecule has 0 aromatic heterocycles. The lowest BCUT2D eigenvalue weighted by atomic mass is 9.88. The molecule has 1 aromatic carbocycles. The fourth-order valence-electron chi connectivity index (χ4n) is 3.13. The number of methoxy groups -OCH3 is 1. The summed E-state index contributed by atoms with van der Waals surface area (Å²) in [6.45, 7) is 5.72. The van der Waals surface area contributed by atoms with Crippen LogP contribution in [0.25, 0.3) is 0 Å². The highest BCUT2D eigenvalue weighted by Crippen LogP contribution is 2.28. The molecule has 1 aromatic rings. The van der Waals surface area contributed by atoms with E-state index in [-0.39, 0.29) is 5.91 Å². The first kappa shape index (κ1) is 17.8. The topological polar surface area (TPSA) is 38.8 Å². The number of carbonyl (C=O) groups is 1. The van der Waals surface area contributed by atoms with Gasteiger partial charge in [0.15, 0.2) is 0 Å². The van der Waals surface area contributed by atoms with Crippen LogP contribution in [0.1, 0.15) is 38.7 Å². The molecule has 0 spiro atoms. The Morgan fingerprint density at radius 3 is 2.83 bits per heavy atom. The second-order valence-electron chi connectivity index (χ2n) is 6.81. The zero-order valence-electron chi connectivity index (χ0n) is 14.7. The first-order chi connectivity index (χ1) is 11.0. The molecule has 2 rings (SSSR count). The van der Waals surface area contributed by atoms with Crippen LogP contribution in [-0.4, -0.2) is 37.7 Å². The van der Waals surface area contributed by atoms with Crippen molar-refractivity contribution in [3.05, 3.63) is 29.8 Å². The Kier molecular flexibility index (Phi) is 6.46. The van der Waals surface area contributed by atoms with Gasteiger partial charge < -0.3 is 14.4 Å². The number of para-hydroxylation sites is 1. The van der Waals surface area contributed by atoms with Crippen LogP contribution in [0.15, 0.2) is 24.3 Å². The Bertz CT molecular complexity index is 515. The van der Waals surface area contributed by atoms with Gasteiger partial charge in [0.2, 0.25) is 5.91 Å². The van der Waals surface area contributed by atoms with Crippen molar-refractivity contribution in [3.63, 3.8) is 0 Å². The van der Waals surface area contributed by atoms with Gasteiger partial charge in [0, 0.05) is 32.2 Å². The van der Waals surface area contributed by atoms with E-state index in [0.717, 1.165) is 30.8 Å². The van der Waals surface area contributed by atoms with Crippen LogP contribution in [0, 0.1) is 11.8 Å².